The smallest absolute Gasteiger partial charge is 0.0611 e. The molecule has 0 saturated heterocycles. The maximum atomic E-state index is 9.74. The minimum atomic E-state index is -0.176. The van der Waals surface area contributed by atoms with Crippen molar-refractivity contribution in [2.24, 2.45) is 0 Å². The summed E-state index contributed by atoms with van der Waals surface area (Å²) in [6.45, 7) is 15.8. The molecule has 0 bridgehead atoms. The first-order chi connectivity index (χ1) is 9.38. The first-order valence-electron chi connectivity index (χ1n) is 8.51. The van der Waals surface area contributed by atoms with Crippen molar-refractivity contribution in [1.29, 1.82) is 0 Å². The molecule has 20 heavy (non-hydrogen) atoms. The van der Waals surface area contributed by atoms with Crippen molar-refractivity contribution in [3.8, 4) is 0 Å². The number of unbranched alkanes of at least 4 members (excludes halogenated alkanes) is 2. The van der Waals surface area contributed by atoms with Gasteiger partial charge in [-0.3, -0.25) is 0 Å². The Hall–Kier alpha value is -0.120. The predicted molar refractivity (Wildman–Crippen MR) is 89.2 cm³/mol. The van der Waals surface area contributed by atoms with Crippen LogP contribution in [0.5, 0.6) is 0 Å². The molecule has 0 radical (unpaired) electrons. The Balaban J connectivity index is 4.55. The molecular weight excluding hydrogens is 248 g/mol. The Morgan fingerprint density at radius 3 is 1.90 bits per heavy atom. The van der Waals surface area contributed by atoms with Gasteiger partial charge in [-0.1, -0.05) is 40.5 Å². The molecule has 0 aliphatic carbocycles. The van der Waals surface area contributed by atoms with Crippen molar-refractivity contribution >= 4 is 0 Å². The van der Waals surface area contributed by atoms with E-state index >= 15 is 0 Å². The molecule has 0 heterocycles. The first kappa shape index (κ1) is 19.9. The standard InChI is InChI=1S/C17H38N2O/c1-7-9-11-19(12-10-8-2)16(5)13-17(6,14-20)18-15(3)4/h15-16,18,20H,7-14H2,1-6H3. The van der Waals surface area contributed by atoms with Gasteiger partial charge in [-0.25, -0.2) is 0 Å². The first-order valence-corrected chi connectivity index (χ1v) is 8.51. The Bertz CT molecular complexity index is 225. The van der Waals surface area contributed by atoms with Gasteiger partial charge < -0.3 is 15.3 Å². The summed E-state index contributed by atoms with van der Waals surface area (Å²) in [5.41, 5.74) is -0.176. The quantitative estimate of drug-likeness (QED) is 0.577. The summed E-state index contributed by atoms with van der Waals surface area (Å²) in [6, 6.07) is 0.913. The summed E-state index contributed by atoms with van der Waals surface area (Å²) in [4.78, 5) is 2.60. The fourth-order valence-corrected chi connectivity index (χ4v) is 2.92. The van der Waals surface area contributed by atoms with Crippen LogP contribution in [0, 0.1) is 0 Å². The number of nitrogens with one attached hydrogen (secondary N) is 1. The number of aliphatic hydroxyl groups excluding tert-OH is 1. The number of hydrogen-bond acceptors (Lipinski definition) is 3. The molecule has 0 fully saturated rings. The molecule has 0 saturated carbocycles. The van der Waals surface area contributed by atoms with Gasteiger partial charge in [0.15, 0.2) is 0 Å². The zero-order valence-electron chi connectivity index (χ0n) is 14.7. The molecule has 3 nitrogen and oxygen atoms in total. The zero-order chi connectivity index (χ0) is 15.6. The maximum absolute atomic E-state index is 9.74. The van der Waals surface area contributed by atoms with E-state index in [-0.39, 0.29) is 12.1 Å². The van der Waals surface area contributed by atoms with Gasteiger partial charge in [0.05, 0.1) is 6.61 Å². The van der Waals surface area contributed by atoms with E-state index < -0.39 is 0 Å². The van der Waals surface area contributed by atoms with Crippen molar-refractivity contribution in [2.45, 2.75) is 91.3 Å². The minimum Gasteiger partial charge on any atom is -0.394 e. The van der Waals surface area contributed by atoms with Crippen LogP contribution in [-0.4, -0.2) is 47.3 Å². The molecule has 2 unspecified atom stereocenters. The fourth-order valence-electron chi connectivity index (χ4n) is 2.92. The Kier molecular flexibility index (Phi) is 10.5. The third kappa shape index (κ3) is 8.23. The van der Waals surface area contributed by atoms with Gasteiger partial charge in [-0.2, -0.15) is 0 Å². The summed E-state index contributed by atoms with van der Waals surface area (Å²) < 4.78 is 0. The third-order valence-electron chi connectivity index (χ3n) is 3.95. The lowest BCUT2D eigenvalue weighted by atomic mass is 9.92. The minimum absolute atomic E-state index is 0.176. The molecule has 122 valence electrons. The molecule has 0 amide bonds. The van der Waals surface area contributed by atoms with Crippen molar-refractivity contribution in [1.82, 2.24) is 10.2 Å². The monoisotopic (exact) mass is 286 g/mol. The van der Waals surface area contributed by atoms with E-state index in [0.29, 0.717) is 12.1 Å². The van der Waals surface area contributed by atoms with Crippen LogP contribution in [0.3, 0.4) is 0 Å². The molecule has 0 aromatic heterocycles. The molecule has 0 spiro atoms. The average molecular weight is 287 g/mol. The van der Waals surface area contributed by atoms with Gasteiger partial charge in [0.25, 0.3) is 0 Å². The predicted octanol–water partition coefficient (Wildman–Crippen LogP) is 3.42. The summed E-state index contributed by atoms with van der Waals surface area (Å²) >= 11 is 0. The third-order valence-corrected chi connectivity index (χ3v) is 3.95. The van der Waals surface area contributed by atoms with Crippen molar-refractivity contribution in [2.75, 3.05) is 19.7 Å². The molecular formula is C17H38N2O. The van der Waals surface area contributed by atoms with Crippen LogP contribution >= 0.6 is 0 Å². The van der Waals surface area contributed by atoms with Crippen LogP contribution in [0.2, 0.25) is 0 Å². The second-order valence-corrected chi connectivity index (χ2v) is 6.81. The highest BCUT2D eigenvalue weighted by Crippen LogP contribution is 2.18. The van der Waals surface area contributed by atoms with E-state index in [9.17, 15) is 5.11 Å². The molecule has 3 heteroatoms. The molecule has 0 aliphatic heterocycles. The van der Waals surface area contributed by atoms with Crippen molar-refractivity contribution in [3.05, 3.63) is 0 Å². The van der Waals surface area contributed by atoms with Gasteiger partial charge >= 0.3 is 0 Å². The highest BCUT2D eigenvalue weighted by atomic mass is 16.3. The van der Waals surface area contributed by atoms with Gasteiger partial charge in [-0.05, 0) is 46.2 Å². The highest BCUT2D eigenvalue weighted by molar-refractivity contribution is 4.88. The summed E-state index contributed by atoms with van der Waals surface area (Å²) in [7, 11) is 0. The SMILES string of the molecule is CCCCN(CCCC)C(C)CC(C)(CO)NC(C)C. The van der Waals surface area contributed by atoms with Crippen molar-refractivity contribution < 1.29 is 5.11 Å². The lowest BCUT2D eigenvalue weighted by molar-refractivity contribution is 0.107. The second-order valence-electron chi connectivity index (χ2n) is 6.81. The normalized spacial score (nSPS) is 16.6. The topological polar surface area (TPSA) is 35.5 Å². The molecule has 0 aliphatic rings. The Morgan fingerprint density at radius 1 is 1.05 bits per heavy atom. The summed E-state index contributed by atoms with van der Waals surface area (Å²) in [6.07, 6.45) is 6.02. The van der Waals surface area contributed by atoms with Crippen LogP contribution in [0.4, 0.5) is 0 Å². The molecule has 2 N–H and O–H groups in total. The molecule has 0 rings (SSSR count). The van der Waals surface area contributed by atoms with Gasteiger partial charge in [0.1, 0.15) is 0 Å². The van der Waals surface area contributed by atoms with Gasteiger partial charge in [-0.15, -0.1) is 0 Å². The number of aliphatic hydroxyl groups is 1. The molecule has 2 atom stereocenters. The van der Waals surface area contributed by atoms with Crippen LogP contribution in [0.15, 0.2) is 0 Å². The highest BCUT2D eigenvalue weighted by Gasteiger charge is 2.28. The van der Waals surface area contributed by atoms with E-state index in [1.54, 1.807) is 0 Å². The van der Waals surface area contributed by atoms with E-state index in [1.165, 1.54) is 38.8 Å². The number of nitrogens with zero attached hydrogens (tertiary/aromatic N) is 1. The number of hydrogen-bond donors (Lipinski definition) is 2. The second kappa shape index (κ2) is 10.6. The molecule has 0 aromatic carbocycles. The lowest BCUT2D eigenvalue weighted by Gasteiger charge is -2.38. The van der Waals surface area contributed by atoms with E-state index in [0.717, 1.165) is 6.42 Å². The number of rotatable bonds is 12. The Morgan fingerprint density at radius 2 is 1.55 bits per heavy atom. The summed E-state index contributed by atoms with van der Waals surface area (Å²) in [5.74, 6) is 0. The van der Waals surface area contributed by atoms with Crippen molar-refractivity contribution in [3.63, 3.8) is 0 Å². The van der Waals surface area contributed by atoms with Gasteiger partial charge in [0.2, 0.25) is 0 Å². The van der Waals surface area contributed by atoms with Crippen LogP contribution in [0.1, 0.15) is 73.6 Å². The van der Waals surface area contributed by atoms with Crippen LogP contribution in [0.25, 0.3) is 0 Å². The average Bonchev–Trinajstić information content (AvgIpc) is 2.37. The van der Waals surface area contributed by atoms with E-state index in [1.807, 2.05) is 0 Å². The van der Waals surface area contributed by atoms with E-state index in [2.05, 4.69) is 51.8 Å². The lowest BCUT2D eigenvalue weighted by Crippen LogP contribution is -2.53. The van der Waals surface area contributed by atoms with E-state index in [4.69, 9.17) is 0 Å². The van der Waals surface area contributed by atoms with Crippen LogP contribution in [-0.2, 0) is 0 Å². The molecule has 0 aromatic rings. The van der Waals surface area contributed by atoms with Gasteiger partial charge in [0, 0.05) is 17.6 Å². The summed E-state index contributed by atoms with van der Waals surface area (Å²) in [5, 5.41) is 13.3. The zero-order valence-corrected chi connectivity index (χ0v) is 14.7. The maximum Gasteiger partial charge on any atom is 0.0611 e. The fraction of sp³-hybridized carbons (Fsp3) is 1.00. The largest absolute Gasteiger partial charge is 0.394 e. The van der Waals surface area contributed by atoms with Crippen LogP contribution < -0.4 is 5.32 Å². The Labute approximate surface area is 127 Å².